The fourth-order valence-electron chi connectivity index (χ4n) is 2.66. The number of halogens is 1. The number of hydrogen-bond acceptors (Lipinski definition) is 3. The molecule has 4 nitrogen and oxygen atoms in total. The standard InChI is InChI=1S/C16H26N2O2S.ClH/c1-16(2,3)13-5-7-15(8-6-13)21(19,20)18-11-9-14(17-4)10-12-18;/h5-8,14,17H,9-12H2,1-4H3;1H. The van der Waals surface area contributed by atoms with Crippen LogP contribution in [0.25, 0.3) is 0 Å². The summed E-state index contributed by atoms with van der Waals surface area (Å²) in [6.45, 7) is 7.56. The molecule has 0 aromatic heterocycles. The molecule has 126 valence electrons. The van der Waals surface area contributed by atoms with Gasteiger partial charge in [0.2, 0.25) is 10.0 Å². The van der Waals surface area contributed by atoms with E-state index in [0.29, 0.717) is 24.0 Å². The zero-order valence-corrected chi connectivity index (χ0v) is 15.4. The van der Waals surface area contributed by atoms with E-state index in [1.165, 1.54) is 0 Å². The fourth-order valence-corrected chi connectivity index (χ4v) is 4.13. The Bertz CT molecular complexity index is 571. The van der Waals surface area contributed by atoms with Crippen molar-refractivity contribution in [1.82, 2.24) is 9.62 Å². The Balaban J connectivity index is 0.00000242. The van der Waals surface area contributed by atoms with E-state index in [1.54, 1.807) is 16.4 Å². The van der Waals surface area contributed by atoms with Gasteiger partial charge in [0.25, 0.3) is 0 Å². The molecule has 1 aromatic carbocycles. The van der Waals surface area contributed by atoms with Gasteiger partial charge in [-0.1, -0.05) is 32.9 Å². The van der Waals surface area contributed by atoms with Gasteiger partial charge in [0.15, 0.2) is 0 Å². The Morgan fingerprint density at radius 1 is 1.09 bits per heavy atom. The maximum atomic E-state index is 12.6. The summed E-state index contributed by atoms with van der Waals surface area (Å²) in [7, 11) is -1.42. The summed E-state index contributed by atoms with van der Waals surface area (Å²) in [6, 6.07) is 7.75. The summed E-state index contributed by atoms with van der Waals surface area (Å²) in [5.41, 5.74) is 1.18. The molecular weight excluding hydrogens is 320 g/mol. The predicted octanol–water partition coefficient (Wildman–Crippen LogP) is 2.78. The second-order valence-electron chi connectivity index (χ2n) is 6.74. The van der Waals surface area contributed by atoms with Crippen LogP contribution >= 0.6 is 12.4 Å². The van der Waals surface area contributed by atoms with E-state index in [9.17, 15) is 8.42 Å². The van der Waals surface area contributed by atoms with Gasteiger partial charge < -0.3 is 5.32 Å². The van der Waals surface area contributed by atoms with Crippen molar-refractivity contribution in [3.63, 3.8) is 0 Å². The summed E-state index contributed by atoms with van der Waals surface area (Å²) in [6.07, 6.45) is 1.74. The molecule has 1 saturated heterocycles. The minimum atomic E-state index is -3.35. The first-order chi connectivity index (χ1) is 9.75. The SMILES string of the molecule is CNC1CCN(S(=O)(=O)c2ccc(C(C)(C)C)cc2)CC1.Cl. The van der Waals surface area contributed by atoms with Crippen LogP contribution < -0.4 is 5.32 Å². The highest BCUT2D eigenvalue weighted by molar-refractivity contribution is 7.89. The van der Waals surface area contributed by atoms with Crippen molar-refractivity contribution in [1.29, 1.82) is 0 Å². The molecule has 2 rings (SSSR count). The van der Waals surface area contributed by atoms with Crippen LogP contribution in [0.3, 0.4) is 0 Å². The monoisotopic (exact) mass is 346 g/mol. The summed E-state index contributed by atoms with van der Waals surface area (Å²) < 4.78 is 26.9. The maximum Gasteiger partial charge on any atom is 0.243 e. The zero-order valence-electron chi connectivity index (χ0n) is 13.8. The molecule has 0 spiro atoms. The predicted molar refractivity (Wildman–Crippen MR) is 93.2 cm³/mol. The third kappa shape index (κ3) is 4.22. The van der Waals surface area contributed by atoms with E-state index < -0.39 is 10.0 Å². The molecular formula is C16H27ClN2O2S. The average Bonchev–Trinajstić information content (AvgIpc) is 2.46. The highest BCUT2D eigenvalue weighted by Crippen LogP contribution is 2.25. The van der Waals surface area contributed by atoms with Gasteiger partial charge in [-0.2, -0.15) is 4.31 Å². The van der Waals surface area contributed by atoms with Crippen LogP contribution in [0.5, 0.6) is 0 Å². The number of nitrogens with zero attached hydrogens (tertiary/aromatic N) is 1. The van der Waals surface area contributed by atoms with E-state index in [2.05, 4.69) is 26.1 Å². The highest BCUT2D eigenvalue weighted by Gasteiger charge is 2.29. The molecule has 0 atom stereocenters. The van der Waals surface area contributed by atoms with Crippen LogP contribution in [0.2, 0.25) is 0 Å². The number of nitrogens with one attached hydrogen (secondary N) is 1. The number of piperidine rings is 1. The first-order valence-corrected chi connectivity index (χ1v) is 8.97. The minimum absolute atomic E-state index is 0. The smallest absolute Gasteiger partial charge is 0.243 e. The van der Waals surface area contributed by atoms with Gasteiger partial charge in [0.1, 0.15) is 0 Å². The minimum Gasteiger partial charge on any atom is -0.317 e. The van der Waals surface area contributed by atoms with Gasteiger partial charge in [0.05, 0.1) is 4.90 Å². The summed E-state index contributed by atoms with van der Waals surface area (Å²) in [5, 5.41) is 3.22. The summed E-state index contributed by atoms with van der Waals surface area (Å²) >= 11 is 0. The third-order valence-corrected chi connectivity index (χ3v) is 6.13. The lowest BCUT2D eigenvalue weighted by Gasteiger charge is -2.31. The van der Waals surface area contributed by atoms with Gasteiger partial charge >= 0.3 is 0 Å². The summed E-state index contributed by atoms with van der Waals surface area (Å²) in [5.74, 6) is 0. The average molecular weight is 347 g/mol. The van der Waals surface area contributed by atoms with E-state index in [-0.39, 0.29) is 17.8 Å². The molecule has 1 fully saturated rings. The first kappa shape index (κ1) is 19.4. The van der Waals surface area contributed by atoms with Gasteiger partial charge in [-0.05, 0) is 43.0 Å². The molecule has 1 N–H and O–H groups in total. The number of rotatable bonds is 3. The second kappa shape index (κ2) is 7.30. The second-order valence-corrected chi connectivity index (χ2v) is 8.68. The lowest BCUT2D eigenvalue weighted by atomic mass is 9.87. The largest absolute Gasteiger partial charge is 0.317 e. The van der Waals surface area contributed by atoms with Crippen molar-refractivity contribution in [3.8, 4) is 0 Å². The van der Waals surface area contributed by atoms with Crippen molar-refractivity contribution >= 4 is 22.4 Å². The quantitative estimate of drug-likeness (QED) is 0.915. The van der Waals surface area contributed by atoms with E-state index >= 15 is 0 Å². The number of sulfonamides is 1. The molecule has 0 radical (unpaired) electrons. The van der Waals surface area contributed by atoms with Crippen molar-refractivity contribution < 1.29 is 8.42 Å². The number of benzene rings is 1. The van der Waals surface area contributed by atoms with Crippen molar-refractivity contribution in [2.45, 2.75) is 50.0 Å². The lowest BCUT2D eigenvalue weighted by molar-refractivity contribution is 0.298. The van der Waals surface area contributed by atoms with Gasteiger partial charge in [-0.3, -0.25) is 0 Å². The third-order valence-electron chi connectivity index (χ3n) is 4.22. The molecule has 6 heteroatoms. The van der Waals surface area contributed by atoms with E-state index in [0.717, 1.165) is 18.4 Å². The van der Waals surface area contributed by atoms with Crippen LogP contribution in [0.4, 0.5) is 0 Å². The lowest BCUT2D eigenvalue weighted by Crippen LogP contribution is -2.43. The Kier molecular flexibility index (Phi) is 6.45. The maximum absolute atomic E-state index is 12.6. The molecule has 0 saturated carbocycles. The molecule has 1 aliphatic rings. The zero-order chi connectivity index (χ0) is 15.7. The van der Waals surface area contributed by atoms with Crippen LogP contribution in [0.15, 0.2) is 29.2 Å². The topological polar surface area (TPSA) is 49.4 Å². The molecule has 0 amide bonds. The van der Waals surface area contributed by atoms with Crippen LogP contribution in [0, 0.1) is 0 Å². The van der Waals surface area contributed by atoms with Crippen LogP contribution in [-0.2, 0) is 15.4 Å². The van der Waals surface area contributed by atoms with Gasteiger partial charge in [0, 0.05) is 19.1 Å². The molecule has 0 aliphatic carbocycles. The molecule has 22 heavy (non-hydrogen) atoms. The normalized spacial score (nSPS) is 18.0. The Morgan fingerprint density at radius 3 is 2.00 bits per heavy atom. The summed E-state index contributed by atoms with van der Waals surface area (Å²) in [4.78, 5) is 0.401. The highest BCUT2D eigenvalue weighted by atomic mass is 35.5. The van der Waals surface area contributed by atoms with E-state index in [1.807, 2.05) is 19.2 Å². The Morgan fingerprint density at radius 2 is 1.59 bits per heavy atom. The molecule has 1 aromatic rings. The fraction of sp³-hybridized carbons (Fsp3) is 0.625. The van der Waals surface area contributed by atoms with Crippen molar-refractivity contribution in [3.05, 3.63) is 29.8 Å². The van der Waals surface area contributed by atoms with Gasteiger partial charge in [-0.15, -0.1) is 12.4 Å². The van der Waals surface area contributed by atoms with Crippen molar-refractivity contribution in [2.75, 3.05) is 20.1 Å². The Labute approximate surface area is 140 Å². The Hall–Kier alpha value is -0.620. The molecule has 1 heterocycles. The van der Waals surface area contributed by atoms with Gasteiger partial charge in [-0.25, -0.2) is 8.42 Å². The van der Waals surface area contributed by atoms with E-state index in [4.69, 9.17) is 0 Å². The van der Waals surface area contributed by atoms with Crippen LogP contribution in [0.1, 0.15) is 39.2 Å². The van der Waals surface area contributed by atoms with Crippen LogP contribution in [-0.4, -0.2) is 38.9 Å². The molecule has 1 aliphatic heterocycles. The molecule has 0 unspecified atom stereocenters. The number of hydrogen-bond donors (Lipinski definition) is 1. The molecule has 0 bridgehead atoms. The first-order valence-electron chi connectivity index (χ1n) is 7.53. The van der Waals surface area contributed by atoms with Crippen molar-refractivity contribution in [2.24, 2.45) is 0 Å².